The third kappa shape index (κ3) is 2.96. The Bertz CT molecular complexity index is 599. The zero-order valence-corrected chi connectivity index (χ0v) is 11.4. The van der Waals surface area contributed by atoms with Crippen molar-refractivity contribution in [1.29, 1.82) is 0 Å². The molecule has 0 radical (unpaired) electrons. The zero-order valence-electron chi connectivity index (χ0n) is 11.4. The van der Waals surface area contributed by atoms with Gasteiger partial charge in [-0.2, -0.15) is 0 Å². The number of hydrogen-bond acceptors (Lipinski definition) is 3. The molecule has 1 amide bonds. The number of amides is 1. The van der Waals surface area contributed by atoms with Gasteiger partial charge in [-0.3, -0.25) is 9.59 Å². The molecule has 3 atom stereocenters. The van der Waals surface area contributed by atoms with Crippen molar-refractivity contribution in [3.05, 3.63) is 42.2 Å². The molecule has 2 aliphatic carbocycles. The summed E-state index contributed by atoms with van der Waals surface area (Å²) in [5.74, 6) is -0.809. The lowest BCUT2D eigenvalue weighted by molar-refractivity contribution is -0.152. The second kappa shape index (κ2) is 5.68. The Morgan fingerprint density at radius 2 is 2.05 bits per heavy atom. The van der Waals surface area contributed by atoms with E-state index in [-0.39, 0.29) is 30.1 Å². The van der Waals surface area contributed by atoms with Crippen LogP contribution in [0.4, 0.5) is 10.1 Å². The van der Waals surface area contributed by atoms with Gasteiger partial charge in [0.25, 0.3) is 5.91 Å². The van der Waals surface area contributed by atoms with E-state index in [9.17, 15) is 14.0 Å². The van der Waals surface area contributed by atoms with E-state index >= 15 is 0 Å². The molecule has 1 saturated carbocycles. The van der Waals surface area contributed by atoms with Crippen LogP contribution in [-0.2, 0) is 14.3 Å². The van der Waals surface area contributed by atoms with E-state index in [1.165, 1.54) is 18.2 Å². The van der Waals surface area contributed by atoms with Crippen molar-refractivity contribution in [1.82, 2.24) is 0 Å². The molecule has 0 saturated heterocycles. The summed E-state index contributed by atoms with van der Waals surface area (Å²) in [7, 11) is 0. The van der Waals surface area contributed by atoms with E-state index in [2.05, 4.69) is 17.5 Å². The van der Waals surface area contributed by atoms with E-state index in [1.54, 1.807) is 6.07 Å². The van der Waals surface area contributed by atoms with Gasteiger partial charge in [0.15, 0.2) is 6.61 Å². The quantitative estimate of drug-likeness (QED) is 0.684. The number of ether oxygens (including phenoxy) is 1. The van der Waals surface area contributed by atoms with Gasteiger partial charge in [-0.15, -0.1) is 0 Å². The molecule has 1 fully saturated rings. The molecular weight excluding hydrogens is 273 g/mol. The van der Waals surface area contributed by atoms with Crippen LogP contribution in [0.25, 0.3) is 0 Å². The fourth-order valence-electron chi connectivity index (χ4n) is 3.04. The molecule has 21 heavy (non-hydrogen) atoms. The number of fused-ring (bicyclic) bond motifs is 2. The van der Waals surface area contributed by atoms with Crippen LogP contribution in [-0.4, -0.2) is 18.5 Å². The number of hydrogen-bond donors (Lipinski definition) is 1. The number of carbonyl (C=O) groups is 2. The van der Waals surface area contributed by atoms with Crippen molar-refractivity contribution >= 4 is 17.6 Å². The lowest BCUT2D eigenvalue weighted by Crippen LogP contribution is -2.26. The van der Waals surface area contributed by atoms with Gasteiger partial charge in [0.05, 0.1) is 11.6 Å². The molecule has 2 bridgehead atoms. The Morgan fingerprint density at radius 3 is 2.71 bits per heavy atom. The van der Waals surface area contributed by atoms with Gasteiger partial charge in [0, 0.05) is 0 Å². The molecule has 5 heteroatoms. The van der Waals surface area contributed by atoms with Crippen molar-refractivity contribution in [3.8, 4) is 0 Å². The van der Waals surface area contributed by atoms with Gasteiger partial charge in [-0.1, -0.05) is 24.3 Å². The third-order valence-corrected chi connectivity index (χ3v) is 4.08. The molecule has 0 heterocycles. The maximum atomic E-state index is 13.4. The van der Waals surface area contributed by atoms with E-state index in [0.717, 1.165) is 12.8 Å². The van der Waals surface area contributed by atoms with Crippen molar-refractivity contribution in [2.45, 2.75) is 12.8 Å². The van der Waals surface area contributed by atoms with Crippen LogP contribution in [0.2, 0.25) is 0 Å². The largest absolute Gasteiger partial charge is 0.455 e. The summed E-state index contributed by atoms with van der Waals surface area (Å²) in [6.45, 7) is -0.384. The van der Waals surface area contributed by atoms with Gasteiger partial charge < -0.3 is 10.1 Å². The van der Waals surface area contributed by atoms with Crippen LogP contribution < -0.4 is 5.32 Å². The number of esters is 1. The molecular formula is C16H16FNO3. The Labute approximate surface area is 122 Å². The first kappa shape index (κ1) is 13.8. The normalized spacial score (nSPS) is 25.9. The molecule has 4 nitrogen and oxygen atoms in total. The number of rotatable bonds is 4. The van der Waals surface area contributed by atoms with Crippen molar-refractivity contribution in [2.75, 3.05) is 11.9 Å². The van der Waals surface area contributed by atoms with Gasteiger partial charge in [-0.05, 0) is 36.8 Å². The van der Waals surface area contributed by atoms with Crippen molar-refractivity contribution in [3.63, 3.8) is 0 Å². The highest BCUT2D eigenvalue weighted by Crippen LogP contribution is 2.43. The minimum atomic E-state index is -0.535. The fourth-order valence-corrected chi connectivity index (χ4v) is 3.04. The summed E-state index contributed by atoms with van der Waals surface area (Å²) < 4.78 is 18.4. The topological polar surface area (TPSA) is 55.4 Å². The molecule has 1 aromatic carbocycles. The molecule has 0 unspecified atom stereocenters. The van der Waals surface area contributed by atoms with Crippen LogP contribution in [0.1, 0.15) is 12.8 Å². The van der Waals surface area contributed by atoms with E-state index in [4.69, 9.17) is 4.74 Å². The second-order valence-corrected chi connectivity index (χ2v) is 5.52. The molecule has 1 N–H and O–H groups in total. The fraction of sp³-hybridized carbons (Fsp3) is 0.375. The molecule has 2 aliphatic rings. The number of anilines is 1. The average Bonchev–Trinajstić information content (AvgIpc) is 3.10. The lowest BCUT2D eigenvalue weighted by Gasteiger charge is -2.16. The number of allylic oxidation sites excluding steroid dienone is 2. The summed E-state index contributed by atoms with van der Waals surface area (Å²) in [6, 6.07) is 5.86. The Morgan fingerprint density at radius 1 is 1.24 bits per heavy atom. The summed E-state index contributed by atoms with van der Waals surface area (Å²) in [4.78, 5) is 23.6. The highest BCUT2D eigenvalue weighted by molar-refractivity contribution is 5.93. The molecule has 1 aromatic rings. The standard InChI is InChI=1S/C16H16FNO3/c17-13-3-1-2-4-14(13)18-15(19)9-21-16(20)12-8-10-5-6-11(12)7-10/h1-6,10-12H,7-9H2,(H,18,19)/t10-,11-,12+/m0/s1. The van der Waals surface area contributed by atoms with Gasteiger partial charge in [-0.25, -0.2) is 4.39 Å². The number of benzene rings is 1. The molecule has 110 valence electrons. The average molecular weight is 289 g/mol. The van der Waals surface area contributed by atoms with Crippen LogP contribution >= 0.6 is 0 Å². The van der Waals surface area contributed by atoms with Crippen LogP contribution in [0.5, 0.6) is 0 Å². The Balaban J connectivity index is 1.49. The number of halogens is 1. The van der Waals surface area contributed by atoms with Crippen LogP contribution in [0.15, 0.2) is 36.4 Å². The van der Waals surface area contributed by atoms with Crippen LogP contribution in [0.3, 0.4) is 0 Å². The molecule has 0 spiro atoms. The lowest BCUT2D eigenvalue weighted by atomic mass is 9.94. The highest BCUT2D eigenvalue weighted by atomic mass is 19.1. The predicted octanol–water partition coefficient (Wildman–Crippen LogP) is 2.52. The van der Waals surface area contributed by atoms with Crippen molar-refractivity contribution < 1.29 is 18.7 Å². The second-order valence-electron chi connectivity index (χ2n) is 5.52. The van der Waals surface area contributed by atoms with Gasteiger partial charge >= 0.3 is 5.97 Å². The van der Waals surface area contributed by atoms with Gasteiger partial charge in [0.1, 0.15) is 5.82 Å². The highest BCUT2D eigenvalue weighted by Gasteiger charge is 2.40. The SMILES string of the molecule is O=C(COC(=O)[C@@H]1C[C@H]2C=C[C@H]1C2)Nc1ccccc1F. The first-order valence-electron chi connectivity index (χ1n) is 7.03. The zero-order chi connectivity index (χ0) is 14.8. The predicted molar refractivity (Wildman–Crippen MR) is 74.8 cm³/mol. The summed E-state index contributed by atoms with van der Waals surface area (Å²) in [5.41, 5.74) is 0.0846. The van der Waals surface area contributed by atoms with E-state index in [1.807, 2.05) is 0 Å². The van der Waals surface area contributed by atoms with E-state index < -0.39 is 11.7 Å². The minimum absolute atomic E-state index is 0.0846. The maximum absolute atomic E-state index is 13.4. The summed E-state index contributed by atoms with van der Waals surface area (Å²) in [5, 5.41) is 2.38. The summed E-state index contributed by atoms with van der Waals surface area (Å²) in [6.07, 6.45) is 6.00. The maximum Gasteiger partial charge on any atom is 0.310 e. The summed E-state index contributed by atoms with van der Waals surface area (Å²) >= 11 is 0. The van der Waals surface area contributed by atoms with Gasteiger partial charge in [0.2, 0.25) is 0 Å². The number of nitrogens with one attached hydrogen (secondary N) is 1. The first-order valence-corrected chi connectivity index (χ1v) is 7.03. The first-order chi connectivity index (χ1) is 10.1. The van der Waals surface area contributed by atoms with E-state index in [0.29, 0.717) is 5.92 Å². The monoisotopic (exact) mass is 289 g/mol. The minimum Gasteiger partial charge on any atom is -0.455 e. The number of para-hydroxylation sites is 1. The van der Waals surface area contributed by atoms with Crippen molar-refractivity contribution in [2.24, 2.45) is 17.8 Å². The third-order valence-electron chi connectivity index (χ3n) is 4.08. The van der Waals surface area contributed by atoms with Crippen LogP contribution in [0, 0.1) is 23.6 Å². The molecule has 3 rings (SSSR count). The molecule has 0 aliphatic heterocycles. The Kier molecular flexibility index (Phi) is 3.73. The number of carbonyl (C=O) groups excluding carboxylic acids is 2. The molecule has 0 aromatic heterocycles. The smallest absolute Gasteiger partial charge is 0.310 e. The Hall–Kier alpha value is -2.17.